The van der Waals surface area contributed by atoms with Crippen LogP contribution in [0.15, 0.2) is 41.2 Å². The first kappa shape index (κ1) is 18.9. The summed E-state index contributed by atoms with van der Waals surface area (Å²) in [4.78, 5) is 27.4. The van der Waals surface area contributed by atoms with Gasteiger partial charge >= 0.3 is 0 Å². The molecule has 1 amide bonds. The van der Waals surface area contributed by atoms with Gasteiger partial charge in [-0.25, -0.2) is 0 Å². The van der Waals surface area contributed by atoms with Crippen molar-refractivity contribution in [3.63, 3.8) is 0 Å². The van der Waals surface area contributed by atoms with Gasteiger partial charge in [0.25, 0.3) is 11.5 Å². The van der Waals surface area contributed by atoms with Crippen molar-refractivity contribution in [2.45, 2.75) is 32.7 Å². The van der Waals surface area contributed by atoms with Gasteiger partial charge in [0, 0.05) is 56.5 Å². The molecule has 1 fully saturated rings. The van der Waals surface area contributed by atoms with Gasteiger partial charge in [0.1, 0.15) is 0 Å². The third-order valence-electron chi connectivity index (χ3n) is 5.94. The van der Waals surface area contributed by atoms with Crippen LogP contribution in [-0.4, -0.2) is 42.1 Å². The number of nitrogens with one attached hydrogen (secondary N) is 1. The third kappa shape index (κ3) is 3.63. The Kier molecular flexibility index (Phi) is 5.11. The number of rotatable bonds is 4. The number of hydrogen-bond acceptors (Lipinski definition) is 3. The van der Waals surface area contributed by atoms with E-state index < -0.39 is 0 Å². The van der Waals surface area contributed by atoms with E-state index in [1.807, 2.05) is 22.8 Å². The van der Waals surface area contributed by atoms with Crippen molar-refractivity contribution in [2.24, 2.45) is 11.8 Å². The molecule has 0 unspecified atom stereocenters. The maximum absolute atomic E-state index is 12.9. The lowest BCUT2D eigenvalue weighted by Gasteiger charge is -2.43. The highest BCUT2D eigenvalue weighted by molar-refractivity contribution is 5.95. The SMILES string of the molecule is CNC(=O)c1cccc(-c2cc3n(c(=O)c2)C[C@H]2C[C@@H]3CN(CC(C)C)C2)c1. The van der Waals surface area contributed by atoms with E-state index in [1.54, 1.807) is 19.2 Å². The van der Waals surface area contributed by atoms with Gasteiger partial charge in [-0.3, -0.25) is 9.59 Å². The first-order valence-corrected chi connectivity index (χ1v) is 10.2. The molecule has 2 aliphatic heterocycles. The van der Waals surface area contributed by atoms with E-state index in [0.717, 1.165) is 49.4 Å². The molecule has 1 saturated heterocycles. The number of pyridine rings is 1. The normalized spacial score (nSPS) is 21.4. The van der Waals surface area contributed by atoms with Crippen LogP contribution in [-0.2, 0) is 6.54 Å². The average Bonchev–Trinajstić information content (AvgIpc) is 2.67. The van der Waals surface area contributed by atoms with Crippen LogP contribution in [0.4, 0.5) is 0 Å². The molecule has 0 saturated carbocycles. The standard InChI is InChI=1S/C23H29N3O2/c1-15(2)11-25-12-16-7-20(14-25)21-9-19(10-22(27)26(21)13-16)17-5-4-6-18(8-17)23(28)24-3/h4-6,8-10,15-16,20H,7,11-14H2,1-3H3,(H,24,28)/t16-,20+/m0/s1. The summed E-state index contributed by atoms with van der Waals surface area (Å²) in [6.07, 6.45) is 1.16. The van der Waals surface area contributed by atoms with Crippen molar-refractivity contribution in [1.82, 2.24) is 14.8 Å². The molecule has 3 heterocycles. The van der Waals surface area contributed by atoms with E-state index in [-0.39, 0.29) is 11.5 Å². The number of carbonyl (C=O) groups excluding carboxylic acids is 1. The number of benzene rings is 1. The van der Waals surface area contributed by atoms with Crippen molar-refractivity contribution >= 4 is 5.91 Å². The number of aromatic nitrogens is 1. The van der Waals surface area contributed by atoms with E-state index in [4.69, 9.17) is 0 Å². The molecule has 0 aliphatic carbocycles. The Morgan fingerprint density at radius 1 is 1.14 bits per heavy atom. The van der Waals surface area contributed by atoms with Crippen molar-refractivity contribution in [3.8, 4) is 11.1 Å². The van der Waals surface area contributed by atoms with Crippen LogP contribution in [0.2, 0.25) is 0 Å². The Morgan fingerprint density at radius 2 is 1.96 bits per heavy atom. The molecule has 1 aromatic heterocycles. The van der Waals surface area contributed by atoms with Gasteiger partial charge in [-0.2, -0.15) is 0 Å². The fraction of sp³-hybridized carbons (Fsp3) is 0.478. The highest BCUT2D eigenvalue weighted by Gasteiger charge is 2.34. The van der Waals surface area contributed by atoms with Crippen LogP contribution in [0, 0.1) is 11.8 Å². The molecular formula is C23H29N3O2. The second-order valence-electron chi connectivity index (χ2n) is 8.69. The summed E-state index contributed by atoms with van der Waals surface area (Å²) < 4.78 is 1.98. The molecule has 2 bridgehead atoms. The summed E-state index contributed by atoms with van der Waals surface area (Å²) >= 11 is 0. The topological polar surface area (TPSA) is 54.3 Å². The Labute approximate surface area is 166 Å². The molecule has 0 radical (unpaired) electrons. The van der Waals surface area contributed by atoms with Gasteiger partial charge in [-0.1, -0.05) is 26.0 Å². The highest BCUT2D eigenvalue weighted by atomic mass is 16.1. The van der Waals surface area contributed by atoms with Crippen molar-refractivity contribution in [2.75, 3.05) is 26.7 Å². The minimum absolute atomic E-state index is 0.0739. The Hall–Kier alpha value is -2.40. The summed E-state index contributed by atoms with van der Waals surface area (Å²) in [7, 11) is 1.63. The first-order chi connectivity index (χ1) is 13.4. The van der Waals surface area contributed by atoms with E-state index in [9.17, 15) is 9.59 Å². The highest BCUT2D eigenvalue weighted by Crippen LogP contribution is 2.36. The van der Waals surface area contributed by atoms with Gasteiger partial charge in [-0.05, 0) is 47.6 Å². The molecule has 0 spiro atoms. The van der Waals surface area contributed by atoms with Crippen LogP contribution >= 0.6 is 0 Å². The smallest absolute Gasteiger partial charge is 0.251 e. The number of fused-ring (bicyclic) bond motifs is 4. The van der Waals surface area contributed by atoms with Crippen LogP contribution < -0.4 is 10.9 Å². The lowest BCUT2D eigenvalue weighted by molar-refractivity contribution is 0.0963. The number of hydrogen-bond donors (Lipinski definition) is 1. The van der Waals surface area contributed by atoms with Gasteiger partial charge in [0.2, 0.25) is 0 Å². The van der Waals surface area contributed by atoms with Crippen molar-refractivity contribution < 1.29 is 4.79 Å². The largest absolute Gasteiger partial charge is 0.355 e. The van der Waals surface area contributed by atoms with Gasteiger partial charge < -0.3 is 14.8 Å². The summed E-state index contributed by atoms with van der Waals surface area (Å²) in [5.74, 6) is 1.50. The second kappa shape index (κ2) is 7.55. The number of nitrogens with zero attached hydrogens (tertiary/aromatic N) is 2. The predicted molar refractivity (Wildman–Crippen MR) is 112 cm³/mol. The van der Waals surface area contributed by atoms with E-state index in [2.05, 4.69) is 30.1 Å². The molecule has 5 nitrogen and oxygen atoms in total. The van der Waals surface area contributed by atoms with Crippen LogP contribution in [0.25, 0.3) is 11.1 Å². The van der Waals surface area contributed by atoms with E-state index >= 15 is 0 Å². The number of piperidine rings is 1. The van der Waals surface area contributed by atoms with Crippen molar-refractivity contribution in [1.29, 1.82) is 0 Å². The van der Waals surface area contributed by atoms with Gasteiger partial charge in [0.05, 0.1) is 0 Å². The molecular weight excluding hydrogens is 350 g/mol. The van der Waals surface area contributed by atoms with E-state index in [1.165, 1.54) is 0 Å². The van der Waals surface area contributed by atoms with Gasteiger partial charge in [-0.15, -0.1) is 0 Å². The monoisotopic (exact) mass is 379 g/mol. The van der Waals surface area contributed by atoms with Gasteiger partial charge in [0.15, 0.2) is 0 Å². The lowest BCUT2D eigenvalue weighted by atomic mass is 9.82. The maximum Gasteiger partial charge on any atom is 0.251 e. The summed E-state index contributed by atoms with van der Waals surface area (Å²) in [5, 5.41) is 2.66. The molecule has 28 heavy (non-hydrogen) atoms. The number of likely N-dealkylation sites (tertiary alicyclic amines) is 1. The maximum atomic E-state index is 12.9. The molecule has 148 valence electrons. The Morgan fingerprint density at radius 3 is 2.71 bits per heavy atom. The average molecular weight is 380 g/mol. The zero-order chi connectivity index (χ0) is 19.8. The van der Waals surface area contributed by atoms with Crippen LogP contribution in [0.1, 0.15) is 42.2 Å². The molecule has 2 aliphatic rings. The zero-order valence-corrected chi connectivity index (χ0v) is 16.9. The first-order valence-electron chi connectivity index (χ1n) is 10.2. The zero-order valence-electron chi connectivity index (χ0n) is 16.9. The molecule has 1 N–H and O–H groups in total. The summed E-state index contributed by atoms with van der Waals surface area (Å²) in [5.41, 5.74) is 3.65. The fourth-order valence-electron chi connectivity index (χ4n) is 4.87. The minimum atomic E-state index is -0.115. The van der Waals surface area contributed by atoms with Crippen LogP contribution in [0.3, 0.4) is 0 Å². The van der Waals surface area contributed by atoms with Crippen LogP contribution in [0.5, 0.6) is 0 Å². The summed E-state index contributed by atoms with van der Waals surface area (Å²) in [6.45, 7) is 8.58. The second-order valence-corrected chi connectivity index (χ2v) is 8.69. The number of amides is 1. The predicted octanol–water partition coefficient (Wildman–Crippen LogP) is 2.95. The molecule has 2 aromatic rings. The lowest BCUT2D eigenvalue weighted by Crippen LogP contribution is -2.48. The third-order valence-corrected chi connectivity index (χ3v) is 5.94. The quantitative estimate of drug-likeness (QED) is 0.889. The summed E-state index contributed by atoms with van der Waals surface area (Å²) in [6, 6.07) is 11.4. The minimum Gasteiger partial charge on any atom is -0.355 e. The number of carbonyl (C=O) groups is 1. The molecule has 2 atom stereocenters. The van der Waals surface area contributed by atoms with Crippen molar-refractivity contribution in [3.05, 3.63) is 58.0 Å². The molecule has 4 rings (SSSR count). The molecule has 5 heteroatoms. The van der Waals surface area contributed by atoms with E-state index in [0.29, 0.717) is 23.3 Å². The fourth-order valence-corrected chi connectivity index (χ4v) is 4.87. The Bertz CT molecular complexity index is 947. The molecule has 1 aromatic carbocycles. The Balaban J connectivity index is 1.70.